The minimum atomic E-state index is -2.26. The molecular weight excluding hydrogens is 478 g/mol. The average molecular weight is 516 g/mol. The van der Waals surface area contributed by atoms with Gasteiger partial charge in [-0.15, -0.1) is 0 Å². The Morgan fingerprint density at radius 3 is 2.08 bits per heavy atom. The number of rotatable bonds is 7. The number of esters is 2. The third-order valence-electron chi connectivity index (χ3n) is 7.56. The lowest BCUT2D eigenvalue weighted by Crippen LogP contribution is -2.64. The predicted molar refractivity (Wildman–Crippen MR) is 139 cm³/mol. The largest absolute Gasteiger partial charge is 0.546 e. The van der Waals surface area contributed by atoms with E-state index in [1.165, 1.54) is 14.2 Å². The van der Waals surface area contributed by atoms with Gasteiger partial charge in [-0.2, -0.15) is 0 Å². The normalized spacial score (nSPS) is 22.5. The molecule has 196 valence electrons. The van der Waals surface area contributed by atoms with Gasteiger partial charge in [0.15, 0.2) is 0 Å². The maximum atomic E-state index is 13.1. The highest BCUT2D eigenvalue weighted by molar-refractivity contribution is 6.74. The number of β-lactam (4-membered cyclic amide) rings is 1. The molecule has 0 bridgehead atoms. The average Bonchev–Trinajstić information content (AvgIpc) is 2.84. The van der Waals surface area contributed by atoms with Crippen molar-refractivity contribution < 1.29 is 33.0 Å². The van der Waals surface area contributed by atoms with Crippen LogP contribution in [0.4, 0.5) is 5.69 Å². The summed E-state index contributed by atoms with van der Waals surface area (Å²) < 4.78 is 22.0. The number of anilines is 1. The molecule has 0 radical (unpaired) electrons. The van der Waals surface area contributed by atoms with E-state index in [9.17, 15) is 14.4 Å². The van der Waals surface area contributed by atoms with Crippen LogP contribution in [0.3, 0.4) is 0 Å². The number of hydrogen-bond donors (Lipinski definition) is 0. The Bertz CT molecular complexity index is 1100. The van der Waals surface area contributed by atoms with Crippen LogP contribution < -0.4 is 9.64 Å². The number of ether oxygens (including phenoxy) is 3. The zero-order valence-corrected chi connectivity index (χ0v) is 23.6. The molecule has 0 aromatic heterocycles. The molecule has 0 unspecified atom stereocenters. The third-order valence-corrected chi connectivity index (χ3v) is 11.9. The van der Waals surface area contributed by atoms with Crippen molar-refractivity contribution in [3.8, 4) is 5.75 Å². The highest BCUT2D eigenvalue weighted by atomic mass is 28.4. The molecule has 36 heavy (non-hydrogen) atoms. The van der Waals surface area contributed by atoms with E-state index in [0.717, 1.165) is 0 Å². The molecule has 0 N–H and O–H groups in total. The molecule has 3 rings (SSSR count). The molecule has 1 saturated heterocycles. The second kappa shape index (κ2) is 10.1. The fourth-order valence-corrected chi connectivity index (χ4v) is 5.58. The molecule has 0 saturated carbocycles. The van der Waals surface area contributed by atoms with Gasteiger partial charge in [-0.25, -0.2) is 9.59 Å². The first-order valence-corrected chi connectivity index (χ1v) is 14.9. The minimum Gasteiger partial charge on any atom is -0.546 e. The van der Waals surface area contributed by atoms with E-state index in [2.05, 4.69) is 33.9 Å². The molecule has 2 aliphatic rings. The first-order chi connectivity index (χ1) is 16.8. The molecule has 1 aliphatic carbocycles. The van der Waals surface area contributed by atoms with Gasteiger partial charge in [-0.3, -0.25) is 4.79 Å². The molecular formula is C27H37NO7Si. The molecule has 0 spiro atoms. The second-order valence-electron chi connectivity index (χ2n) is 10.8. The van der Waals surface area contributed by atoms with Crippen molar-refractivity contribution in [2.24, 2.45) is 11.8 Å². The fraction of sp³-hybridized carbons (Fsp3) is 0.519. The Morgan fingerprint density at radius 2 is 1.58 bits per heavy atom. The van der Waals surface area contributed by atoms with Gasteiger partial charge < -0.3 is 23.5 Å². The number of carbonyl (C=O) groups is 3. The van der Waals surface area contributed by atoms with E-state index in [0.29, 0.717) is 17.2 Å². The Labute approximate surface area is 214 Å². The summed E-state index contributed by atoms with van der Waals surface area (Å²) in [5.74, 6) is -1.03. The van der Waals surface area contributed by atoms with Gasteiger partial charge in [-0.05, 0) is 48.5 Å². The number of hydrogen-bond acceptors (Lipinski definition) is 7. The van der Waals surface area contributed by atoms with E-state index >= 15 is 0 Å². The standard InChI is InChI=1S/C27H37NO7Si/c1-16-23(28(24(16)29)17-10-12-18(32-5)13-11-17)20-14-19(35-36(8,9)27(2,3)4)15-21(25(30)33-6)22(20)26(31)34-7/h10-14,16,20,23H,15H2,1-9H3/t16-,20+,23-/m1/s1. The van der Waals surface area contributed by atoms with Crippen LogP contribution >= 0.6 is 0 Å². The van der Waals surface area contributed by atoms with Gasteiger partial charge in [0.25, 0.3) is 0 Å². The maximum absolute atomic E-state index is 13.1. The quantitative estimate of drug-likeness (QED) is 0.297. The van der Waals surface area contributed by atoms with Crippen molar-refractivity contribution in [2.75, 3.05) is 26.2 Å². The predicted octanol–water partition coefficient (Wildman–Crippen LogP) is 4.61. The molecule has 1 fully saturated rings. The third kappa shape index (κ3) is 4.93. The van der Waals surface area contributed by atoms with Crippen LogP contribution in [0.15, 0.2) is 47.2 Å². The van der Waals surface area contributed by atoms with Crippen LogP contribution in [0.2, 0.25) is 18.1 Å². The Balaban J connectivity index is 2.14. The molecule has 1 aliphatic heterocycles. The van der Waals surface area contributed by atoms with Crippen molar-refractivity contribution in [1.82, 2.24) is 0 Å². The second-order valence-corrected chi connectivity index (χ2v) is 15.5. The summed E-state index contributed by atoms with van der Waals surface area (Å²) in [6.07, 6.45) is 2.01. The van der Waals surface area contributed by atoms with Crippen LogP contribution in [0.25, 0.3) is 0 Å². The molecule has 9 heteroatoms. The summed E-state index contributed by atoms with van der Waals surface area (Å²) in [7, 11) is 1.88. The maximum Gasteiger partial charge on any atom is 0.334 e. The molecule has 1 aromatic rings. The monoisotopic (exact) mass is 515 g/mol. The summed E-state index contributed by atoms with van der Waals surface area (Å²) >= 11 is 0. The van der Waals surface area contributed by atoms with Gasteiger partial charge in [-0.1, -0.05) is 27.7 Å². The van der Waals surface area contributed by atoms with Crippen molar-refractivity contribution in [3.05, 3.63) is 47.2 Å². The van der Waals surface area contributed by atoms with E-state index < -0.39 is 32.2 Å². The van der Waals surface area contributed by atoms with E-state index in [-0.39, 0.29) is 34.4 Å². The number of nitrogens with zero attached hydrogens (tertiary/aromatic N) is 1. The number of carbonyl (C=O) groups excluding carboxylic acids is 3. The zero-order chi connectivity index (χ0) is 27.0. The SMILES string of the molecule is COC(=O)C1=C(C(=O)OC)[C@@H]([C@H]2[C@@H](C)C(=O)N2c2ccc(OC)cc2)C=C(O[Si](C)(C)C(C)(C)C)C1. The summed E-state index contributed by atoms with van der Waals surface area (Å²) in [4.78, 5) is 40.7. The Morgan fingerprint density at radius 1 is 1.00 bits per heavy atom. The lowest BCUT2D eigenvalue weighted by atomic mass is 9.72. The van der Waals surface area contributed by atoms with Crippen LogP contribution in [0, 0.1) is 11.8 Å². The van der Waals surface area contributed by atoms with Gasteiger partial charge >= 0.3 is 11.9 Å². The van der Waals surface area contributed by atoms with E-state index in [1.54, 1.807) is 36.3 Å². The summed E-state index contributed by atoms with van der Waals surface area (Å²) in [5, 5.41) is -0.0734. The van der Waals surface area contributed by atoms with Gasteiger partial charge in [0.2, 0.25) is 14.2 Å². The van der Waals surface area contributed by atoms with Crippen LogP contribution in [0.1, 0.15) is 34.1 Å². The number of benzene rings is 1. The minimum absolute atomic E-state index is 0.0696. The van der Waals surface area contributed by atoms with E-state index in [4.69, 9.17) is 18.6 Å². The first kappa shape index (κ1) is 27.5. The number of allylic oxidation sites excluding steroid dienone is 1. The summed E-state index contributed by atoms with van der Waals surface area (Å²) in [6.45, 7) is 12.5. The lowest BCUT2D eigenvalue weighted by Gasteiger charge is -2.50. The van der Waals surface area contributed by atoms with Gasteiger partial charge in [0, 0.05) is 18.0 Å². The smallest absolute Gasteiger partial charge is 0.334 e. The molecule has 1 amide bonds. The Hall–Kier alpha value is -3.07. The fourth-order valence-electron chi connectivity index (χ4n) is 4.48. The topological polar surface area (TPSA) is 91.4 Å². The molecule has 1 heterocycles. The van der Waals surface area contributed by atoms with Crippen molar-refractivity contribution >= 4 is 31.9 Å². The Kier molecular flexibility index (Phi) is 7.74. The summed E-state index contributed by atoms with van der Waals surface area (Å²) in [5.41, 5.74) is 1.08. The van der Waals surface area contributed by atoms with Crippen LogP contribution in [0.5, 0.6) is 5.75 Å². The molecule has 1 aromatic carbocycles. The lowest BCUT2D eigenvalue weighted by molar-refractivity contribution is -0.140. The molecule has 8 nitrogen and oxygen atoms in total. The number of methoxy groups -OCH3 is 3. The van der Waals surface area contributed by atoms with Crippen LogP contribution in [-0.4, -0.2) is 53.5 Å². The number of amides is 1. The highest BCUT2D eigenvalue weighted by Crippen LogP contribution is 2.46. The van der Waals surface area contributed by atoms with Crippen LogP contribution in [-0.2, 0) is 28.3 Å². The van der Waals surface area contributed by atoms with Gasteiger partial charge in [0.05, 0.1) is 50.2 Å². The highest BCUT2D eigenvalue weighted by Gasteiger charge is 2.53. The van der Waals surface area contributed by atoms with E-state index in [1.807, 2.05) is 13.0 Å². The molecule has 3 atom stereocenters. The van der Waals surface area contributed by atoms with Crippen molar-refractivity contribution in [3.63, 3.8) is 0 Å². The first-order valence-electron chi connectivity index (χ1n) is 12.0. The van der Waals surface area contributed by atoms with Gasteiger partial charge in [0.1, 0.15) is 5.75 Å². The zero-order valence-electron chi connectivity index (χ0n) is 22.6. The van der Waals surface area contributed by atoms with Crippen molar-refractivity contribution in [2.45, 2.75) is 58.3 Å². The summed E-state index contributed by atoms with van der Waals surface area (Å²) in [6, 6.07) is 6.75. The van der Waals surface area contributed by atoms with Crippen molar-refractivity contribution in [1.29, 1.82) is 0 Å².